The Morgan fingerprint density at radius 1 is 0.652 bits per heavy atom. The molecule has 0 unspecified atom stereocenters. The lowest BCUT2D eigenvalue weighted by Gasteiger charge is -2.35. The minimum Gasteiger partial charge on any atom is -0.438 e. The van der Waals surface area contributed by atoms with Crippen LogP contribution >= 0.6 is 8.45 Å². The number of halogens is 5. The molecule has 1 aromatic carbocycles. The van der Waals surface area contributed by atoms with Crippen LogP contribution in [0.3, 0.4) is 0 Å². The van der Waals surface area contributed by atoms with Crippen LogP contribution in [0.4, 0.5) is 22.0 Å². The zero-order valence-electron chi connectivity index (χ0n) is 13.5. The smallest absolute Gasteiger partial charge is 0.248 e. The molecule has 3 nitrogen and oxygen atoms in total. The van der Waals surface area contributed by atoms with Crippen molar-refractivity contribution in [1.82, 2.24) is 9.34 Å². The summed E-state index contributed by atoms with van der Waals surface area (Å²) < 4.78 is 76.3. The predicted molar refractivity (Wildman–Crippen MR) is 79.6 cm³/mol. The first kappa shape index (κ1) is 20.1. The number of hydrogen-bond acceptors (Lipinski definition) is 3. The molecule has 0 aliphatic carbocycles. The van der Waals surface area contributed by atoms with Crippen molar-refractivity contribution in [2.24, 2.45) is 0 Å². The van der Waals surface area contributed by atoms with Gasteiger partial charge in [-0.25, -0.2) is 22.5 Å². The highest BCUT2D eigenvalue weighted by atomic mass is 31.2. The van der Waals surface area contributed by atoms with E-state index in [1.54, 1.807) is 9.34 Å². The lowest BCUT2D eigenvalue weighted by atomic mass is 10.3. The van der Waals surface area contributed by atoms with Crippen molar-refractivity contribution in [3.63, 3.8) is 0 Å². The fourth-order valence-corrected chi connectivity index (χ4v) is 3.85. The molecule has 0 N–H and O–H groups in total. The van der Waals surface area contributed by atoms with E-state index in [0.717, 1.165) is 0 Å². The zero-order chi connectivity index (χ0) is 17.7. The third-order valence-corrected chi connectivity index (χ3v) is 5.73. The molecule has 0 aliphatic rings. The second-order valence-corrected chi connectivity index (χ2v) is 6.34. The lowest BCUT2D eigenvalue weighted by molar-refractivity contribution is 0.320. The standard InChI is InChI=1S/C14H20F5N2OP/c1-5-20(6-2)23(21(7-3)8-4)22-14-12(18)10(16)9(15)11(17)13(14)19/h5-8H2,1-4H3. The molecule has 0 saturated carbocycles. The summed E-state index contributed by atoms with van der Waals surface area (Å²) in [4.78, 5) is 0. The molecule has 132 valence electrons. The van der Waals surface area contributed by atoms with Crippen molar-refractivity contribution in [1.29, 1.82) is 0 Å². The van der Waals surface area contributed by atoms with Gasteiger partial charge in [0.05, 0.1) is 0 Å². The van der Waals surface area contributed by atoms with E-state index in [2.05, 4.69) is 0 Å². The van der Waals surface area contributed by atoms with Gasteiger partial charge in [0.1, 0.15) is 0 Å². The van der Waals surface area contributed by atoms with Crippen LogP contribution in [0.2, 0.25) is 0 Å². The van der Waals surface area contributed by atoms with E-state index in [0.29, 0.717) is 26.2 Å². The van der Waals surface area contributed by atoms with Crippen LogP contribution in [-0.4, -0.2) is 35.5 Å². The van der Waals surface area contributed by atoms with E-state index in [9.17, 15) is 22.0 Å². The van der Waals surface area contributed by atoms with Crippen molar-refractivity contribution in [2.75, 3.05) is 26.2 Å². The van der Waals surface area contributed by atoms with Crippen molar-refractivity contribution in [2.45, 2.75) is 27.7 Å². The van der Waals surface area contributed by atoms with Crippen LogP contribution in [-0.2, 0) is 0 Å². The summed E-state index contributed by atoms with van der Waals surface area (Å²) >= 11 is 0. The minimum absolute atomic E-state index is 0.508. The maximum Gasteiger partial charge on any atom is 0.248 e. The molecular weight excluding hydrogens is 338 g/mol. The van der Waals surface area contributed by atoms with E-state index in [-0.39, 0.29) is 0 Å². The Hall–Kier alpha value is -0.980. The first-order valence-electron chi connectivity index (χ1n) is 7.32. The Morgan fingerprint density at radius 3 is 1.26 bits per heavy atom. The highest BCUT2D eigenvalue weighted by Crippen LogP contribution is 2.47. The van der Waals surface area contributed by atoms with Crippen LogP contribution in [0.15, 0.2) is 0 Å². The summed E-state index contributed by atoms with van der Waals surface area (Å²) in [5, 5.41) is 0. The zero-order valence-corrected chi connectivity index (χ0v) is 14.4. The fourth-order valence-electron chi connectivity index (χ4n) is 1.97. The Morgan fingerprint density at radius 2 is 0.957 bits per heavy atom. The first-order valence-corrected chi connectivity index (χ1v) is 8.49. The van der Waals surface area contributed by atoms with E-state index < -0.39 is 43.3 Å². The van der Waals surface area contributed by atoms with Crippen molar-refractivity contribution in [3.05, 3.63) is 29.1 Å². The van der Waals surface area contributed by atoms with Gasteiger partial charge in [0.15, 0.2) is 0 Å². The summed E-state index contributed by atoms with van der Waals surface area (Å²) in [6, 6.07) is 0. The van der Waals surface area contributed by atoms with Crippen LogP contribution < -0.4 is 4.52 Å². The molecule has 1 rings (SSSR count). The Labute approximate surface area is 134 Å². The van der Waals surface area contributed by atoms with Gasteiger partial charge in [0.2, 0.25) is 43.3 Å². The molecule has 23 heavy (non-hydrogen) atoms. The average Bonchev–Trinajstić information content (AvgIpc) is 2.56. The molecular formula is C14H20F5N2OP. The summed E-state index contributed by atoms with van der Waals surface area (Å²) in [7, 11) is -1.70. The number of hydrogen-bond donors (Lipinski definition) is 0. The van der Waals surface area contributed by atoms with Crippen LogP contribution in [0, 0.1) is 29.1 Å². The van der Waals surface area contributed by atoms with Crippen LogP contribution in [0.1, 0.15) is 27.7 Å². The van der Waals surface area contributed by atoms with Gasteiger partial charge < -0.3 is 4.52 Å². The molecule has 0 bridgehead atoms. The topological polar surface area (TPSA) is 15.7 Å². The molecule has 0 aromatic heterocycles. The highest BCUT2D eigenvalue weighted by molar-refractivity contribution is 7.47. The molecule has 0 radical (unpaired) electrons. The van der Waals surface area contributed by atoms with Crippen LogP contribution in [0.5, 0.6) is 5.75 Å². The summed E-state index contributed by atoms with van der Waals surface area (Å²) in [5.41, 5.74) is 0. The number of benzene rings is 1. The first-order chi connectivity index (χ1) is 10.8. The van der Waals surface area contributed by atoms with Crippen molar-refractivity contribution in [3.8, 4) is 5.75 Å². The molecule has 0 saturated heterocycles. The maximum absolute atomic E-state index is 13.8. The monoisotopic (exact) mass is 358 g/mol. The van der Waals surface area contributed by atoms with Gasteiger partial charge in [-0.05, 0) is 0 Å². The summed E-state index contributed by atoms with van der Waals surface area (Å²) in [5.74, 6) is -11.3. The third-order valence-electron chi connectivity index (χ3n) is 3.29. The van der Waals surface area contributed by atoms with E-state index >= 15 is 0 Å². The largest absolute Gasteiger partial charge is 0.438 e. The molecule has 0 aliphatic heterocycles. The van der Waals surface area contributed by atoms with E-state index in [4.69, 9.17) is 4.52 Å². The Balaban J connectivity index is 3.33. The number of nitrogens with zero attached hydrogens (tertiary/aromatic N) is 2. The van der Waals surface area contributed by atoms with Crippen LogP contribution in [0.25, 0.3) is 0 Å². The second kappa shape index (κ2) is 8.76. The summed E-state index contributed by atoms with van der Waals surface area (Å²) in [6.07, 6.45) is 0. The molecule has 1 aromatic rings. The maximum atomic E-state index is 13.8. The Kier molecular flexibility index (Phi) is 7.64. The quantitative estimate of drug-likeness (QED) is 0.291. The van der Waals surface area contributed by atoms with Gasteiger partial charge in [-0.2, -0.15) is 8.78 Å². The minimum atomic E-state index is -2.19. The fraction of sp³-hybridized carbons (Fsp3) is 0.571. The molecule has 0 heterocycles. The van der Waals surface area contributed by atoms with Gasteiger partial charge in [-0.3, -0.25) is 0 Å². The molecule has 9 heteroatoms. The van der Waals surface area contributed by atoms with Gasteiger partial charge in [-0.1, -0.05) is 27.7 Å². The highest BCUT2D eigenvalue weighted by Gasteiger charge is 2.32. The number of rotatable bonds is 8. The van der Waals surface area contributed by atoms with E-state index in [1.807, 2.05) is 27.7 Å². The summed E-state index contributed by atoms with van der Waals surface area (Å²) in [6.45, 7) is 9.33. The molecule has 0 atom stereocenters. The lowest BCUT2D eigenvalue weighted by Crippen LogP contribution is -2.31. The normalized spacial score (nSPS) is 11.8. The molecule has 0 spiro atoms. The third kappa shape index (κ3) is 4.11. The SMILES string of the molecule is CCN(CC)P(Oc1c(F)c(F)c(F)c(F)c1F)N(CC)CC. The van der Waals surface area contributed by atoms with E-state index in [1.165, 1.54) is 0 Å². The van der Waals surface area contributed by atoms with Gasteiger partial charge in [0.25, 0.3) is 0 Å². The van der Waals surface area contributed by atoms with Gasteiger partial charge in [-0.15, -0.1) is 0 Å². The van der Waals surface area contributed by atoms with Gasteiger partial charge in [0, 0.05) is 26.2 Å². The predicted octanol–water partition coefficient (Wildman–Crippen LogP) is 4.67. The van der Waals surface area contributed by atoms with Crippen molar-refractivity contribution >= 4 is 8.45 Å². The Bertz CT molecular complexity index is 497. The molecule has 0 amide bonds. The van der Waals surface area contributed by atoms with Gasteiger partial charge >= 0.3 is 0 Å². The van der Waals surface area contributed by atoms with Crippen molar-refractivity contribution < 1.29 is 26.5 Å². The second-order valence-electron chi connectivity index (χ2n) is 4.52. The average molecular weight is 358 g/mol. The molecule has 0 fully saturated rings.